The highest BCUT2D eigenvalue weighted by atomic mass is 16.5. The zero-order valence-electron chi connectivity index (χ0n) is 15.2. The lowest BCUT2D eigenvalue weighted by Crippen LogP contribution is -2.41. The second-order valence-electron chi connectivity index (χ2n) is 6.54. The molecule has 1 aromatic heterocycles. The van der Waals surface area contributed by atoms with Gasteiger partial charge >= 0.3 is 6.03 Å². The normalized spacial score (nSPS) is 15.7. The Morgan fingerprint density at radius 1 is 1.15 bits per heavy atom. The van der Waals surface area contributed by atoms with Gasteiger partial charge in [-0.3, -0.25) is 4.90 Å². The van der Waals surface area contributed by atoms with Crippen LogP contribution in [0.3, 0.4) is 0 Å². The highest BCUT2D eigenvalue weighted by molar-refractivity contribution is 5.73. The summed E-state index contributed by atoms with van der Waals surface area (Å²) in [6.07, 6.45) is 4.07. The molecule has 2 amide bonds. The number of hydrogen-bond donors (Lipinski definition) is 2. The predicted molar refractivity (Wildman–Crippen MR) is 99.6 cm³/mol. The van der Waals surface area contributed by atoms with Crippen LogP contribution in [0.15, 0.2) is 47.1 Å². The van der Waals surface area contributed by atoms with Crippen LogP contribution in [0, 0.1) is 0 Å². The van der Waals surface area contributed by atoms with Crippen LogP contribution in [0.1, 0.15) is 35.8 Å². The molecule has 2 heterocycles. The van der Waals surface area contributed by atoms with Crippen LogP contribution in [0.2, 0.25) is 0 Å². The number of nitrogens with one attached hydrogen (secondary N) is 2. The summed E-state index contributed by atoms with van der Waals surface area (Å²) >= 11 is 0. The number of carbonyl (C=O) groups is 1. The number of ether oxygens (including phenoxy) is 1. The zero-order valence-corrected chi connectivity index (χ0v) is 15.2. The predicted octanol–water partition coefficient (Wildman–Crippen LogP) is 3.06. The maximum Gasteiger partial charge on any atom is 0.315 e. The standard InChI is InChI=1S/C20H27N3O3/c1-25-15-17-8-3-2-7-16(17)13-21-20(24)22-14-18(19-9-6-12-26-19)23-10-4-5-11-23/h2-3,6-9,12,18H,4-5,10-11,13-15H2,1H3,(H2,21,22,24). The Morgan fingerprint density at radius 2 is 1.92 bits per heavy atom. The molecule has 2 aromatic rings. The minimum absolute atomic E-state index is 0.0824. The van der Waals surface area contributed by atoms with E-state index in [1.807, 2.05) is 36.4 Å². The first kappa shape index (κ1) is 18.5. The topological polar surface area (TPSA) is 66.7 Å². The molecule has 1 atom stereocenters. The van der Waals surface area contributed by atoms with E-state index >= 15 is 0 Å². The average Bonchev–Trinajstić information content (AvgIpc) is 3.36. The second kappa shape index (κ2) is 9.40. The number of methoxy groups -OCH3 is 1. The Hall–Kier alpha value is -2.31. The number of hydrogen-bond acceptors (Lipinski definition) is 4. The van der Waals surface area contributed by atoms with Crippen molar-refractivity contribution in [2.24, 2.45) is 0 Å². The highest BCUT2D eigenvalue weighted by Gasteiger charge is 2.25. The number of likely N-dealkylation sites (tertiary alicyclic amines) is 1. The van der Waals surface area contributed by atoms with E-state index in [2.05, 4.69) is 15.5 Å². The number of carbonyl (C=O) groups excluding carboxylic acids is 1. The van der Waals surface area contributed by atoms with E-state index in [0.29, 0.717) is 19.7 Å². The van der Waals surface area contributed by atoms with E-state index in [-0.39, 0.29) is 12.1 Å². The molecule has 0 saturated carbocycles. The van der Waals surface area contributed by atoms with Crippen molar-refractivity contribution in [3.05, 3.63) is 59.5 Å². The summed E-state index contributed by atoms with van der Waals surface area (Å²) in [7, 11) is 1.67. The molecule has 1 unspecified atom stereocenters. The Balaban J connectivity index is 1.52. The van der Waals surface area contributed by atoms with Gasteiger partial charge in [-0.25, -0.2) is 4.79 Å². The van der Waals surface area contributed by atoms with Crippen LogP contribution in [0.5, 0.6) is 0 Å². The molecule has 1 aromatic carbocycles. The molecule has 1 fully saturated rings. The fraction of sp³-hybridized carbons (Fsp3) is 0.450. The van der Waals surface area contributed by atoms with E-state index in [0.717, 1.165) is 30.0 Å². The highest BCUT2D eigenvalue weighted by Crippen LogP contribution is 2.24. The van der Waals surface area contributed by atoms with Gasteiger partial charge in [-0.05, 0) is 49.2 Å². The first-order valence-corrected chi connectivity index (χ1v) is 9.13. The summed E-state index contributed by atoms with van der Waals surface area (Å²) in [4.78, 5) is 14.6. The van der Waals surface area contributed by atoms with E-state index in [1.165, 1.54) is 12.8 Å². The van der Waals surface area contributed by atoms with Crippen molar-refractivity contribution in [1.29, 1.82) is 0 Å². The van der Waals surface area contributed by atoms with Crippen molar-refractivity contribution < 1.29 is 13.9 Å². The number of benzene rings is 1. The summed E-state index contributed by atoms with van der Waals surface area (Å²) in [6.45, 7) is 3.62. The van der Waals surface area contributed by atoms with Crippen molar-refractivity contribution >= 4 is 6.03 Å². The lowest BCUT2D eigenvalue weighted by Gasteiger charge is -2.26. The molecule has 0 spiro atoms. The largest absolute Gasteiger partial charge is 0.468 e. The quantitative estimate of drug-likeness (QED) is 0.762. The van der Waals surface area contributed by atoms with Gasteiger partial charge in [0.1, 0.15) is 5.76 Å². The van der Waals surface area contributed by atoms with E-state index in [4.69, 9.17) is 9.15 Å². The van der Waals surface area contributed by atoms with Gasteiger partial charge in [0.15, 0.2) is 0 Å². The first-order chi connectivity index (χ1) is 12.8. The lowest BCUT2D eigenvalue weighted by molar-refractivity contribution is 0.184. The van der Waals surface area contributed by atoms with Gasteiger partial charge in [-0.1, -0.05) is 24.3 Å². The summed E-state index contributed by atoms with van der Waals surface area (Å²) < 4.78 is 10.8. The van der Waals surface area contributed by atoms with Crippen molar-refractivity contribution in [2.45, 2.75) is 32.0 Å². The monoisotopic (exact) mass is 357 g/mol. The first-order valence-electron chi connectivity index (χ1n) is 9.13. The van der Waals surface area contributed by atoms with Crippen LogP contribution in [0.4, 0.5) is 4.79 Å². The molecule has 6 heteroatoms. The van der Waals surface area contributed by atoms with Crippen LogP contribution >= 0.6 is 0 Å². The van der Waals surface area contributed by atoms with Gasteiger partial charge in [-0.2, -0.15) is 0 Å². The van der Waals surface area contributed by atoms with Gasteiger partial charge in [0.05, 0.1) is 18.9 Å². The summed E-state index contributed by atoms with van der Waals surface area (Å²) in [5, 5.41) is 5.92. The molecule has 2 N–H and O–H groups in total. The summed E-state index contributed by atoms with van der Waals surface area (Å²) in [5.41, 5.74) is 2.15. The number of nitrogens with zero attached hydrogens (tertiary/aromatic N) is 1. The lowest BCUT2D eigenvalue weighted by atomic mass is 10.1. The minimum atomic E-state index is -0.173. The fourth-order valence-corrected chi connectivity index (χ4v) is 3.40. The minimum Gasteiger partial charge on any atom is -0.468 e. The van der Waals surface area contributed by atoms with Gasteiger partial charge < -0.3 is 19.8 Å². The van der Waals surface area contributed by atoms with Crippen molar-refractivity contribution in [2.75, 3.05) is 26.7 Å². The van der Waals surface area contributed by atoms with E-state index in [1.54, 1.807) is 13.4 Å². The van der Waals surface area contributed by atoms with E-state index in [9.17, 15) is 4.79 Å². The molecule has 140 valence electrons. The van der Waals surface area contributed by atoms with Gasteiger partial charge in [0, 0.05) is 20.2 Å². The van der Waals surface area contributed by atoms with Crippen LogP contribution in [0.25, 0.3) is 0 Å². The van der Waals surface area contributed by atoms with Gasteiger partial charge in [0.2, 0.25) is 0 Å². The van der Waals surface area contributed by atoms with E-state index < -0.39 is 0 Å². The van der Waals surface area contributed by atoms with Crippen molar-refractivity contribution in [1.82, 2.24) is 15.5 Å². The third kappa shape index (κ3) is 4.86. The average molecular weight is 357 g/mol. The fourth-order valence-electron chi connectivity index (χ4n) is 3.40. The van der Waals surface area contributed by atoms with Crippen molar-refractivity contribution in [3.63, 3.8) is 0 Å². The van der Waals surface area contributed by atoms with Gasteiger partial charge in [0.25, 0.3) is 0 Å². The van der Waals surface area contributed by atoms with Crippen molar-refractivity contribution in [3.8, 4) is 0 Å². The molecule has 1 saturated heterocycles. The maximum atomic E-state index is 12.3. The molecule has 1 aliphatic heterocycles. The molecule has 0 radical (unpaired) electrons. The zero-order chi connectivity index (χ0) is 18.2. The number of rotatable bonds is 8. The molecule has 3 rings (SSSR count). The molecule has 26 heavy (non-hydrogen) atoms. The molecular weight excluding hydrogens is 330 g/mol. The Labute approximate surface area is 154 Å². The molecule has 0 bridgehead atoms. The Morgan fingerprint density at radius 3 is 2.62 bits per heavy atom. The number of furan rings is 1. The van der Waals surface area contributed by atoms with Gasteiger partial charge in [-0.15, -0.1) is 0 Å². The van der Waals surface area contributed by atoms with Crippen LogP contribution in [-0.4, -0.2) is 37.7 Å². The number of amides is 2. The third-order valence-electron chi connectivity index (χ3n) is 4.77. The summed E-state index contributed by atoms with van der Waals surface area (Å²) in [6, 6.07) is 11.7. The molecule has 6 nitrogen and oxygen atoms in total. The second-order valence-corrected chi connectivity index (χ2v) is 6.54. The maximum absolute atomic E-state index is 12.3. The summed E-state index contributed by atoms with van der Waals surface area (Å²) in [5.74, 6) is 0.901. The Kier molecular flexibility index (Phi) is 6.68. The molecule has 0 aliphatic carbocycles. The molecule has 1 aliphatic rings. The smallest absolute Gasteiger partial charge is 0.315 e. The molecular formula is C20H27N3O3. The Bertz CT molecular complexity index is 681. The number of urea groups is 1. The van der Waals surface area contributed by atoms with Crippen LogP contribution < -0.4 is 10.6 Å². The third-order valence-corrected chi connectivity index (χ3v) is 4.77. The van der Waals surface area contributed by atoms with Crippen LogP contribution in [-0.2, 0) is 17.9 Å². The SMILES string of the molecule is COCc1ccccc1CNC(=O)NCC(c1ccco1)N1CCCC1.